The first kappa shape index (κ1) is 55.5. The predicted octanol–water partition coefficient (Wildman–Crippen LogP) is 13.9. The summed E-state index contributed by atoms with van der Waals surface area (Å²) >= 11 is 0. The highest BCUT2D eigenvalue weighted by Gasteiger charge is 2.26. The predicted molar refractivity (Wildman–Crippen MR) is 238 cm³/mol. The number of rotatable bonds is 45. The van der Waals surface area contributed by atoms with Crippen LogP contribution < -0.4 is 5.73 Å². The van der Waals surface area contributed by atoms with Crippen molar-refractivity contribution < 1.29 is 37.6 Å². The molecule has 57 heavy (non-hydrogen) atoms. The van der Waals surface area contributed by atoms with Gasteiger partial charge in [-0.2, -0.15) is 0 Å². The summed E-state index contributed by atoms with van der Waals surface area (Å²) < 4.78 is 32.9. The molecular formula is C47H90NO8P. The van der Waals surface area contributed by atoms with Crippen molar-refractivity contribution in [3.63, 3.8) is 0 Å². The minimum Gasteiger partial charge on any atom is -0.462 e. The van der Waals surface area contributed by atoms with Gasteiger partial charge in [0.2, 0.25) is 0 Å². The zero-order valence-electron chi connectivity index (χ0n) is 37.1. The smallest absolute Gasteiger partial charge is 0.462 e. The monoisotopic (exact) mass is 828 g/mol. The van der Waals surface area contributed by atoms with Crippen molar-refractivity contribution in [1.82, 2.24) is 0 Å². The van der Waals surface area contributed by atoms with Gasteiger partial charge in [-0.05, 0) is 44.9 Å². The Bertz CT molecular complexity index is 990. The lowest BCUT2D eigenvalue weighted by Crippen LogP contribution is -2.29. The summed E-state index contributed by atoms with van der Waals surface area (Å²) in [7, 11) is -4.38. The quantitative estimate of drug-likeness (QED) is 0.0266. The van der Waals surface area contributed by atoms with Gasteiger partial charge in [0.25, 0.3) is 0 Å². The van der Waals surface area contributed by atoms with Crippen molar-refractivity contribution in [2.75, 3.05) is 26.4 Å². The molecule has 0 rings (SSSR count). The summed E-state index contributed by atoms with van der Waals surface area (Å²) in [5.41, 5.74) is 5.36. The Hall–Kier alpha value is -1.51. The zero-order valence-corrected chi connectivity index (χ0v) is 38.0. The van der Waals surface area contributed by atoms with Gasteiger partial charge < -0.3 is 20.1 Å². The number of allylic oxidation sites excluding steroid dienone is 4. The highest BCUT2D eigenvalue weighted by molar-refractivity contribution is 7.47. The Labute approximate surface area is 351 Å². The van der Waals surface area contributed by atoms with Crippen LogP contribution in [0.4, 0.5) is 0 Å². The van der Waals surface area contributed by atoms with E-state index in [4.69, 9.17) is 24.3 Å². The fraction of sp³-hybridized carbons (Fsp3) is 0.872. The molecule has 9 nitrogen and oxygen atoms in total. The maximum Gasteiger partial charge on any atom is 0.472 e. The SMILES string of the molecule is CCCCCC/C=C\C/C=C\CCCCCCCCCC(=O)OC(COC(=O)CCCCCCCCCCCCCCCCCCCC)COP(=O)(O)OCCN. The van der Waals surface area contributed by atoms with Crippen molar-refractivity contribution in [3.8, 4) is 0 Å². The van der Waals surface area contributed by atoms with Crippen LogP contribution in [-0.4, -0.2) is 49.3 Å². The Morgan fingerprint density at radius 1 is 0.526 bits per heavy atom. The van der Waals surface area contributed by atoms with Crippen LogP contribution in [0.1, 0.15) is 232 Å². The van der Waals surface area contributed by atoms with E-state index in [1.807, 2.05) is 0 Å². The van der Waals surface area contributed by atoms with Crippen LogP contribution in [0.25, 0.3) is 0 Å². The molecule has 0 fully saturated rings. The molecule has 0 aliphatic heterocycles. The van der Waals surface area contributed by atoms with Gasteiger partial charge >= 0.3 is 19.8 Å². The molecule has 10 heteroatoms. The molecule has 2 atom stereocenters. The first-order valence-corrected chi connectivity index (χ1v) is 25.3. The fourth-order valence-electron chi connectivity index (χ4n) is 6.78. The second-order valence-electron chi connectivity index (χ2n) is 16.0. The number of unbranched alkanes of at least 4 members (excludes halogenated alkanes) is 28. The standard InChI is InChI=1S/C47H90NO8P/c1-3-5-7-9-11-13-15-17-19-21-23-25-27-29-31-33-35-37-39-46(49)53-43-45(44-55-57(51,52)54-42-41-48)56-47(50)40-38-36-34-32-30-28-26-24-22-20-18-16-14-12-10-8-6-4-2/h14,16,20,22,45H,3-13,15,17-19,21,23-44,48H2,1-2H3,(H,51,52)/b16-14-,22-20-. The van der Waals surface area contributed by atoms with Crippen LogP contribution in [0.2, 0.25) is 0 Å². The molecule has 0 spiro atoms. The van der Waals surface area contributed by atoms with Crippen LogP contribution in [0.15, 0.2) is 24.3 Å². The van der Waals surface area contributed by atoms with E-state index in [1.165, 1.54) is 148 Å². The van der Waals surface area contributed by atoms with Gasteiger partial charge in [0.1, 0.15) is 6.61 Å². The number of phosphoric ester groups is 1. The van der Waals surface area contributed by atoms with Crippen LogP contribution in [-0.2, 0) is 32.7 Å². The Morgan fingerprint density at radius 3 is 1.35 bits per heavy atom. The third-order valence-corrected chi connectivity index (χ3v) is 11.3. The van der Waals surface area contributed by atoms with Gasteiger partial charge in [0.15, 0.2) is 6.10 Å². The van der Waals surface area contributed by atoms with E-state index in [1.54, 1.807) is 0 Å². The Balaban J connectivity index is 4.08. The molecule has 2 unspecified atom stereocenters. The number of carbonyl (C=O) groups excluding carboxylic acids is 2. The van der Waals surface area contributed by atoms with E-state index in [2.05, 4.69) is 38.2 Å². The minimum absolute atomic E-state index is 0.0537. The van der Waals surface area contributed by atoms with Gasteiger partial charge in [0.05, 0.1) is 13.2 Å². The molecule has 0 aliphatic carbocycles. The van der Waals surface area contributed by atoms with Crippen molar-refractivity contribution in [2.45, 2.75) is 238 Å². The van der Waals surface area contributed by atoms with Gasteiger partial charge in [-0.1, -0.05) is 199 Å². The van der Waals surface area contributed by atoms with Gasteiger partial charge in [-0.15, -0.1) is 0 Å². The zero-order chi connectivity index (χ0) is 41.8. The van der Waals surface area contributed by atoms with Crippen molar-refractivity contribution in [1.29, 1.82) is 0 Å². The van der Waals surface area contributed by atoms with Crippen LogP contribution in [0, 0.1) is 0 Å². The highest BCUT2D eigenvalue weighted by Crippen LogP contribution is 2.43. The summed E-state index contributed by atoms with van der Waals surface area (Å²) in [5.74, 6) is -0.826. The minimum atomic E-state index is -4.38. The third kappa shape index (κ3) is 43.9. The molecule has 3 N–H and O–H groups in total. The van der Waals surface area contributed by atoms with Gasteiger partial charge in [-0.25, -0.2) is 4.57 Å². The number of phosphoric acid groups is 1. The van der Waals surface area contributed by atoms with Crippen molar-refractivity contribution in [3.05, 3.63) is 24.3 Å². The maximum atomic E-state index is 12.6. The van der Waals surface area contributed by atoms with E-state index < -0.39 is 26.5 Å². The molecule has 0 bridgehead atoms. The second-order valence-corrected chi connectivity index (χ2v) is 17.4. The first-order valence-electron chi connectivity index (χ1n) is 23.8. The molecule has 0 aliphatic rings. The number of carbonyl (C=O) groups is 2. The topological polar surface area (TPSA) is 134 Å². The molecule has 0 saturated carbocycles. The second kappa shape index (κ2) is 44.1. The largest absolute Gasteiger partial charge is 0.472 e. The third-order valence-electron chi connectivity index (χ3n) is 10.3. The Morgan fingerprint density at radius 2 is 0.912 bits per heavy atom. The summed E-state index contributed by atoms with van der Waals surface area (Å²) in [6.45, 7) is 3.74. The molecule has 336 valence electrons. The molecule has 0 aromatic rings. The number of hydrogen-bond acceptors (Lipinski definition) is 8. The van der Waals surface area contributed by atoms with E-state index in [9.17, 15) is 19.0 Å². The van der Waals surface area contributed by atoms with Crippen LogP contribution in [0.3, 0.4) is 0 Å². The molecule has 0 amide bonds. The van der Waals surface area contributed by atoms with E-state index in [0.717, 1.165) is 51.4 Å². The van der Waals surface area contributed by atoms with Crippen molar-refractivity contribution >= 4 is 19.8 Å². The highest BCUT2D eigenvalue weighted by atomic mass is 31.2. The van der Waals surface area contributed by atoms with Crippen LogP contribution >= 0.6 is 7.82 Å². The normalized spacial score (nSPS) is 13.4. The summed E-state index contributed by atoms with van der Waals surface area (Å²) in [5, 5.41) is 0. The van der Waals surface area contributed by atoms with Gasteiger partial charge in [-0.3, -0.25) is 18.6 Å². The molecule has 0 aromatic carbocycles. The summed E-state index contributed by atoms with van der Waals surface area (Å²) in [6.07, 6.45) is 47.8. The lowest BCUT2D eigenvalue weighted by atomic mass is 10.0. The van der Waals surface area contributed by atoms with E-state index in [0.29, 0.717) is 6.42 Å². The number of nitrogens with two attached hydrogens (primary N) is 1. The average molecular weight is 828 g/mol. The number of ether oxygens (including phenoxy) is 2. The van der Waals surface area contributed by atoms with Crippen molar-refractivity contribution in [2.24, 2.45) is 5.73 Å². The van der Waals surface area contributed by atoms with E-state index in [-0.39, 0.29) is 38.6 Å². The molecular weight excluding hydrogens is 737 g/mol. The van der Waals surface area contributed by atoms with Crippen LogP contribution in [0.5, 0.6) is 0 Å². The summed E-state index contributed by atoms with van der Waals surface area (Å²) in [4.78, 5) is 35.0. The first-order chi connectivity index (χ1) is 27.8. The Kier molecular flexibility index (Phi) is 42.9. The molecule has 0 saturated heterocycles. The van der Waals surface area contributed by atoms with Gasteiger partial charge in [0, 0.05) is 19.4 Å². The lowest BCUT2D eigenvalue weighted by molar-refractivity contribution is -0.161. The molecule has 0 radical (unpaired) electrons. The molecule has 0 heterocycles. The van der Waals surface area contributed by atoms with E-state index >= 15 is 0 Å². The lowest BCUT2D eigenvalue weighted by Gasteiger charge is -2.19. The molecule has 0 aromatic heterocycles. The fourth-order valence-corrected chi connectivity index (χ4v) is 7.55. The summed E-state index contributed by atoms with van der Waals surface area (Å²) in [6, 6.07) is 0. The maximum absolute atomic E-state index is 12.6. The number of esters is 2. The number of hydrogen-bond donors (Lipinski definition) is 2. The average Bonchev–Trinajstić information content (AvgIpc) is 3.20.